The molecule has 0 saturated heterocycles. The van der Waals surface area contributed by atoms with E-state index in [1.54, 1.807) is 22.9 Å². The first-order chi connectivity index (χ1) is 17.5. The van der Waals surface area contributed by atoms with Gasteiger partial charge in [-0.3, -0.25) is 4.79 Å². The minimum Gasteiger partial charge on any atom is -0.494 e. The molecule has 2 aromatic carbocycles. The van der Waals surface area contributed by atoms with E-state index in [1.807, 2.05) is 66.9 Å². The van der Waals surface area contributed by atoms with Crippen LogP contribution in [0.25, 0.3) is 23.0 Å². The maximum Gasteiger partial charge on any atom is 0.262 e. The zero-order chi connectivity index (χ0) is 25.3. The van der Waals surface area contributed by atoms with E-state index in [4.69, 9.17) is 14.3 Å². The Morgan fingerprint density at radius 1 is 1.14 bits per heavy atom. The molecule has 0 aliphatic heterocycles. The molecule has 0 saturated carbocycles. The fourth-order valence-corrected chi connectivity index (χ4v) is 3.53. The van der Waals surface area contributed by atoms with Crippen molar-refractivity contribution in [3.8, 4) is 28.8 Å². The molecule has 0 unspecified atom stereocenters. The fraction of sp³-hybridized carbons (Fsp3) is 0.207. The van der Waals surface area contributed by atoms with Gasteiger partial charge in [-0.05, 0) is 66.9 Å². The number of benzene rings is 2. The summed E-state index contributed by atoms with van der Waals surface area (Å²) in [7, 11) is 0. The van der Waals surface area contributed by atoms with Gasteiger partial charge in [0.05, 0.1) is 30.8 Å². The van der Waals surface area contributed by atoms with Gasteiger partial charge in [-0.1, -0.05) is 32.0 Å². The Morgan fingerprint density at radius 3 is 2.58 bits per heavy atom. The van der Waals surface area contributed by atoms with Crippen molar-refractivity contribution in [2.24, 2.45) is 5.92 Å². The van der Waals surface area contributed by atoms with E-state index in [-0.39, 0.29) is 12.1 Å². The van der Waals surface area contributed by atoms with Crippen LogP contribution in [0, 0.1) is 17.2 Å². The zero-order valence-corrected chi connectivity index (χ0v) is 20.3. The Morgan fingerprint density at radius 2 is 1.92 bits per heavy atom. The summed E-state index contributed by atoms with van der Waals surface area (Å²) >= 11 is 0. The standard InChI is InChI=1S/C29H28N4O3/c1-21(2)14-16-36-26-12-10-22(11-13-26)28-24(20-33(32-28)25-7-4-3-5-8-25)17-23(18-30)29(34)31-19-27-9-6-15-35-27/h3-13,15,17,20-21H,14,16,19H2,1-2H3,(H,31,34). The Hall–Kier alpha value is -4.57. The van der Waals surface area contributed by atoms with Crippen LogP contribution >= 0.6 is 0 Å². The van der Waals surface area contributed by atoms with E-state index < -0.39 is 5.91 Å². The molecule has 0 bridgehead atoms. The lowest BCUT2D eigenvalue weighted by molar-refractivity contribution is -0.117. The molecule has 1 amide bonds. The molecule has 0 fully saturated rings. The molecule has 36 heavy (non-hydrogen) atoms. The van der Waals surface area contributed by atoms with Crippen molar-refractivity contribution >= 4 is 12.0 Å². The molecule has 2 heterocycles. The van der Waals surface area contributed by atoms with E-state index in [0.29, 0.717) is 29.5 Å². The highest BCUT2D eigenvalue weighted by Gasteiger charge is 2.15. The van der Waals surface area contributed by atoms with E-state index in [2.05, 4.69) is 19.2 Å². The molecule has 7 nitrogen and oxygen atoms in total. The average molecular weight is 481 g/mol. The third kappa shape index (κ3) is 6.30. The van der Waals surface area contributed by atoms with Gasteiger partial charge in [0.25, 0.3) is 5.91 Å². The first kappa shape index (κ1) is 24.6. The van der Waals surface area contributed by atoms with E-state index in [1.165, 1.54) is 6.26 Å². The number of carbonyl (C=O) groups excluding carboxylic acids is 1. The Bertz CT molecular complexity index is 1350. The minimum absolute atomic E-state index is 0.0240. The van der Waals surface area contributed by atoms with Gasteiger partial charge in [0.1, 0.15) is 23.2 Å². The van der Waals surface area contributed by atoms with Crippen LogP contribution in [0.4, 0.5) is 0 Å². The van der Waals surface area contributed by atoms with Gasteiger partial charge in [0.2, 0.25) is 0 Å². The maximum atomic E-state index is 12.7. The number of ether oxygens (including phenoxy) is 1. The van der Waals surface area contributed by atoms with E-state index in [9.17, 15) is 10.1 Å². The Labute approximate surface area is 210 Å². The van der Waals surface area contributed by atoms with Crippen LogP contribution in [-0.2, 0) is 11.3 Å². The number of furan rings is 1. The number of nitriles is 1. The molecular formula is C29H28N4O3. The van der Waals surface area contributed by atoms with Gasteiger partial charge in [0.15, 0.2) is 0 Å². The summed E-state index contributed by atoms with van der Waals surface area (Å²) < 4.78 is 12.8. The van der Waals surface area contributed by atoms with Gasteiger partial charge in [-0.2, -0.15) is 10.4 Å². The molecule has 0 radical (unpaired) electrons. The first-order valence-electron chi connectivity index (χ1n) is 11.8. The summed E-state index contributed by atoms with van der Waals surface area (Å²) in [6.07, 6.45) is 5.89. The Balaban J connectivity index is 1.63. The summed E-state index contributed by atoms with van der Waals surface area (Å²) in [4.78, 5) is 12.7. The van der Waals surface area contributed by atoms with Gasteiger partial charge >= 0.3 is 0 Å². The summed E-state index contributed by atoms with van der Waals surface area (Å²) in [5, 5.41) is 17.2. The molecule has 7 heteroatoms. The van der Waals surface area contributed by atoms with Crippen molar-refractivity contribution in [3.63, 3.8) is 0 Å². The van der Waals surface area contributed by atoms with Crippen LogP contribution < -0.4 is 10.1 Å². The number of carbonyl (C=O) groups is 1. The second kappa shape index (κ2) is 11.7. The number of amides is 1. The lowest BCUT2D eigenvalue weighted by Crippen LogP contribution is -2.23. The Kier molecular flexibility index (Phi) is 7.99. The minimum atomic E-state index is -0.485. The highest BCUT2D eigenvalue weighted by molar-refractivity contribution is 6.02. The molecule has 4 aromatic rings. The normalized spacial score (nSPS) is 11.3. The second-order valence-electron chi connectivity index (χ2n) is 8.70. The number of para-hydroxylation sites is 1. The first-order valence-corrected chi connectivity index (χ1v) is 11.8. The quantitative estimate of drug-likeness (QED) is 0.229. The third-order valence-corrected chi connectivity index (χ3v) is 5.52. The van der Waals surface area contributed by atoms with Crippen LogP contribution in [0.15, 0.2) is 89.2 Å². The number of aromatic nitrogens is 2. The predicted octanol–water partition coefficient (Wildman–Crippen LogP) is 5.78. The number of hydrogen-bond acceptors (Lipinski definition) is 5. The lowest BCUT2D eigenvalue weighted by Gasteiger charge is -2.08. The van der Waals surface area contributed by atoms with Crippen LogP contribution in [0.2, 0.25) is 0 Å². The summed E-state index contributed by atoms with van der Waals surface area (Å²) in [6.45, 7) is 5.18. The average Bonchev–Trinajstić information content (AvgIpc) is 3.57. The summed E-state index contributed by atoms with van der Waals surface area (Å²) in [5.41, 5.74) is 2.99. The van der Waals surface area contributed by atoms with E-state index in [0.717, 1.165) is 23.4 Å². The largest absolute Gasteiger partial charge is 0.494 e. The van der Waals surface area contributed by atoms with Gasteiger partial charge in [0, 0.05) is 17.3 Å². The van der Waals surface area contributed by atoms with Crippen molar-refractivity contribution in [1.82, 2.24) is 15.1 Å². The molecule has 4 rings (SSSR count). The molecular weight excluding hydrogens is 452 g/mol. The lowest BCUT2D eigenvalue weighted by atomic mass is 10.1. The number of rotatable bonds is 10. The van der Waals surface area contributed by atoms with Crippen molar-refractivity contribution < 1.29 is 13.9 Å². The van der Waals surface area contributed by atoms with Crippen LogP contribution in [-0.4, -0.2) is 22.3 Å². The topological polar surface area (TPSA) is 93.1 Å². The second-order valence-corrected chi connectivity index (χ2v) is 8.70. The molecule has 0 atom stereocenters. The van der Waals surface area contributed by atoms with Gasteiger partial charge < -0.3 is 14.5 Å². The molecule has 1 N–H and O–H groups in total. The number of nitrogens with zero attached hydrogens (tertiary/aromatic N) is 3. The van der Waals surface area contributed by atoms with Crippen molar-refractivity contribution in [2.75, 3.05) is 6.61 Å². The predicted molar refractivity (Wildman–Crippen MR) is 138 cm³/mol. The zero-order valence-electron chi connectivity index (χ0n) is 20.3. The van der Waals surface area contributed by atoms with Gasteiger partial charge in [-0.15, -0.1) is 0 Å². The molecule has 0 aliphatic carbocycles. The highest BCUT2D eigenvalue weighted by atomic mass is 16.5. The fourth-order valence-electron chi connectivity index (χ4n) is 3.53. The van der Waals surface area contributed by atoms with Crippen LogP contribution in [0.5, 0.6) is 5.75 Å². The number of hydrogen-bond donors (Lipinski definition) is 1. The monoisotopic (exact) mass is 480 g/mol. The smallest absolute Gasteiger partial charge is 0.262 e. The highest BCUT2D eigenvalue weighted by Crippen LogP contribution is 2.28. The van der Waals surface area contributed by atoms with Gasteiger partial charge in [-0.25, -0.2) is 4.68 Å². The summed E-state index contributed by atoms with van der Waals surface area (Å²) in [5.74, 6) is 1.48. The molecule has 0 spiro atoms. The molecule has 0 aliphatic rings. The SMILES string of the molecule is CC(C)CCOc1ccc(-c2nn(-c3ccccc3)cc2C=C(C#N)C(=O)NCc2ccco2)cc1. The molecule has 2 aromatic heterocycles. The van der Waals surface area contributed by atoms with E-state index >= 15 is 0 Å². The van der Waals surface area contributed by atoms with Crippen molar-refractivity contribution in [1.29, 1.82) is 5.26 Å². The van der Waals surface area contributed by atoms with Crippen molar-refractivity contribution in [3.05, 3.63) is 96.1 Å². The maximum absolute atomic E-state index is 12.7. The molecule has 182 valence electrons. The third-order valence-electron chi connectivity index (χ3n) is 5.52. The number of nitrogens with one attached hydrogen (secondary N) is 1. The van der Waals surface area contributed by atoms with Crippen LogP contribution in [0.1, 0.15) is 31.6 Å². The summed E-state index contributed by atoms with van der Waals surface area (Å²) in [6, 6.07) is 22.9. The van der Waals surface area contributed by atoms with Crippen molar-refractivity contribution in [2.45, 2.75) is 26.8 Å². The van der Waals surface area contributed by atoms with Crippen LogP contribution in [0.3, 0.4) is 0 Å².